The van der Waals surface area contributed by atoms with Crippen molar-refractivity contribution in [3.63, 3.8) is 0 Å². The molecule has 3 nitrogen and oxygen atoms in total. The van der Waals surface area contributed by atoms with E-state index in [0.29, 0.717) is 21.2 Å². The highest BCUT2D eigenvalue weighted by Crippen LogP contribution is 2.66. The van der Waals surface area contributed by atoms with Crippen LogP contribution in [0.25, 0.3) is 0 Å². The average molecular weight is 459 g/mol. The lowest BCUT2D eigenvalue weighted by Crippen LogP contribution is -2.41. The standard InChI is InChI=1S/C27H27NO2P2/c1-28(2)27(31(29,23-15-7-3-8-16-23)24-17-9-4-10-18-24)32(30,25-19-11-5-12-20-25)26-21-13-6-14-22-26/h3-22,27H,1-2H3. The molecule has 0 N–H and O–H groups in total. The summed E-state index contributed by atoms with van der Waals surface area (Å²) in [5.41, 5.74) is -0.746. The summed E-state index contributed by atoms with van der Waals surface area (Å²) in [5, 5.41) is 2.82. The van der Waals surface area contributed by atoms with Crippen molar-refractivity contribution >= 4 is 35.5 Å². The maximum Gasteiger partial charge on any atom is 0.167 e. The molecule has 0 aliphatic heterocycles. The van der Waals surface area contributed by atoms with Gasteiger partial charge in [-0.15, -0.1) is 0 Å². The summed E-state index contributed by atoms with van der Waals surface area (Å²) in [6, 6.07) is 38.0. The Balaban J connectivity index is 2.09. The van der Waals surface area contributed by atoms with E-state index in [-0.39, 0.29) is 0 Å². The van der Waals surface area contributed by atoms with Crippen molar-refractivity contribution in [3.8, 4) is 0 Å². The van der Waals surface area contributed by atoms with Gasteiger partial charge in [-0.1, -0.05) is 121 Å². The molecule has 0 unspecified atom stereocenters. The zero-order chi connectivity index (χ0) is 22.6. The molecule has 0 saturated carbocycles. The molecule has 4 aromatic carbocycles. The van der Waals surface area contributed by atoms with Gasteiger partial charge in [-0.05, 0) is 14.1 Å². The Labute approximate surface area is 190 Å². The van der Waals surface area contributed by atoms with E-state index in [1.165, 1.54) is 0 Å². The molecule has 0 radical (unpaired) electrons. The Morgan fingerprint density at radius 1 is 0.469 bits per heavy atom. The number of hydrogen-bond acceptors (Lipinski definition) is 3. The van der Waals surface area contributed by atoms with Crippen LogP contribution in [0.15, 0.2) is 121 Å². The van der Waals surface area contributed by atoms with Gasteiger partial charge in [0.2, 0.25) is 0 Å². The third-order valence-electron chi connectivity index (χ3n) is 5.67. The summed E-state index contributed by atoms with van der Waals surface area (Å²) >= 11 is 0. The molecule has 4 aromatic rings. The minimum Gasteiger partial charge on any atom is -0.311 e. The lowest BCUT2D eigenvalue weighted by Gasteiger charge is -2.39. The van der Waals surface area contributed by atoms with E-state index < -0.39 is 19.8 Å². The van der Waals surface area contributed by atoms with Gasteiger partial charge >= 0.3 is 0 Å². The molecule has 0 heterocycles. The Morgan fingerprint density at radius 2 is 0.688 bits per heavy atom. The molecule has 32 heavy (non-hydrogen) atoms. The van der Waals surface area contributed by atoms with Crippen LogP contribution in [-0.4, -0.2) is 24.5 Å². The molecule has 0 fully saturated rings. The number of rotatable bonds is 7. The minimum atomic E-state index is -3.38. The lowest BCUT2D eigenvalue weighted by atomic mass is 10.4. The van der Waals surface area contributed by atoms with Gasteiger partial charge in [0, 0.05) is 21.2 Å². The maximum atomic E-state index is 15.3. The number of hydrogen-bond donors (Lipinski definition) is 0. The van der Waals surface area contributed by atoms with Gasteiger partial charge < -0.3 is 9.13 Å². The average Bonchev–Trinajstić information content (AvgIpc) is 2.86. The molecule has 0 aliphatic carbocycles. The fourth-order valence-electron chi connectivity index (χ4n) is 4.31. The van der Waals surface area contributed by atoms with Gasteiger partial charge in [0.25, 0.3) is 0 Å². The van der Waals surface area contributed by atoms with Crippen LogP contribution in [0.2, 0.25) is 0 Å². The second-order valence-electron chi connectivity index (χ2n) is 7.97. The van der Waals surface area contributed by atoms with E-state index in [2.05, 4.69) is 0 Å². The van der Waals surface area contributed by atoms with Gasteiger partial charge in [0.1, 0.15) is 5.52 Å². The molecule has 0 bridgehead atoms. The molecule has 0 saturated heterocycles. The summed E-state index contributed by atoms with van der Waals surface area (Å²) < 4.78 is 30.7. The smallest absolute Gasteiger partial charge is 0.167 e. The first kappa shape index (κ1) is 22.5. The predicted octanol–water partition coefficient (Wildman–Crippen LogP) is 4.86. The van der Waals surface area contributed by atoms with Crippen LogP contribution in [0.5, 0.6) is 0 Å². The maximum absolute atomic E-state index is 15.3. The van der Waals surface area contributed by atoms with E-state index in [0.717, 1.165) is 0 Å². The van der Waals surface area contributed by atoms with Crippen molar-refractivity contribution < 1.29 is 9.13 Å². The first-order chi connectivity index (χ1) is 15.5. The van der Waals surface area contributed by atoms with Gasteiger partial charge in [0.05, 0.1) is 0 Å². The van der Waals surface area contributed by atoms with Gasteiger partial charge in [-0.2, -0.15) is 0 Å². The first-order valence-electron chi connectivity index (χ1n) is 10.6. The van der Waals surface area contributed by atoms with Crippen molar-refractivity contribution in [3.05, 3.63) is 121 Å². The Bertz CT molecular complexity index is 1060. The highest BCUT2D eigenvalue weighted by Gasteiger charge is 2.50. The molecule has 0 aromatic heterocycles. The quantitative estimate of drug-likeness (QED) is 0.371. The van der Waals surface area contributed by atoms with Crippen LogP contribution in [0.4, 0.5) is 0 Å². The van der Waals surface area contributed by atoms with Gasteiger partial charge in [-0.3, -0.25) is 4.90 Å². The molecular formula is C27H27NO2P2. The van der Waals surface area contributed by atoms with E-state index in [1.54, 1.807) is 0 Å². The van der Waals surface area contributed by atoms with Crippen molar-refractivity contribution in [1.82, 2.24) is 4.90 Å². The van der Waals surface area contributed by atoms with E-state index >= 15 is 9.13 Å². The molecule has 0 atom stereocenters. The van der Waals surface area contributed by atoms with E-state index in [1.807, 2.05) is 140 Å². The normalized spacial score (nSPS) is 12.2. The second kappa shape index (κ2) is 9.43. The topological polar surface area (TPSA) is 37.4 Å². The van der Waals surface area contributed by atoms with Crippen LogP contribution in [0, 0.1) is 0 Å². The SMILES string of the molecule is CN(C)C(P(=O)(c1ccccc1)c1ccccc1)P(=O)(c1ccccc1)c1ccccc1. The summed E-state index contributed by atoms with van der Waals surface area (Å²) in [6.45, 7) is 0. The second-order valence-corrected chi connectivity index (χ2v) is 14.1. The number of benzene rings is 4. The molecule has 0 aliphatic rings. The highest BCUT2D eigenvalue weighted by atomic mass is 31.2. The van der Waals surface area contributed by atoms with Crippen LogP contribution < -0.4 is 21.2 Å². The number of nitrogens with zero attached hydrogens (tertiary/aromatic N) is 1. The van der Waals surface area contributed by atoms with E-state index in [4.69, 9.17) is 0 Å². The first-order valence-corrected chi connectivity index (χ1v) is 14.1. The summed E-state index contributed by atoms with van der Waals surface area (Å²) in [5.74, 6) is 0. The molecule has 5 heteroatoms. The van der Waals surface area contributed by atoms with Crippen LogP contribution in [0.3, 0.4) is 0 Å². The molecule has 4 rings (SSSR count). The fourth-order valence-corrected chi connectivity index (χ4v) is 13.2. The monoisotopic (exact) mass is 459 g/mol. The fraction of sp³-hybridized carbons (Fsp3) is 0.111. The van der Waals surface area contributed by atoms with Gasteiger partial charge in [-0.25, -0.2) is 0 Å². The third kappa shape index (κ3) is 3.93. The van der Waals surface area contributed by atoms with Gasteiger partial charge in [0.15, 0.2) is 14.3 Å². The third-order valence-corrected chi connectivity index (χ3v) is 14.1. The molecular weight excluding hydrogens is 432 g/mol. The highest BCUT2D eigenvalue weighted by molar-refractivity contribution is 7.95. The largest absolute Gasteiger partial charge is 0.311 e. The minimum absolute atomic E-state index is 0.706. The Morgan fingerprint density at radius 3 is 0.875 bits per heavy atom. The van der Waals surface area contributed by atoms with E-state index in [9.17, 15) is 0 Å². The lowest BCUT2D eigenvalue weighted by molar-refractivity contribution is 0.426. The molecule has 162 valence electrons. The Hall–Kier alpha value is -2.70. The zero-order valence-corrected chi connectivity index (χ0v) is 20.1. The van der Waals surface area contributed by atoms with Crippen molar-refractivity contribution in [2.75, 3.05) is 14.1 Å². The van der Waals surface area contributed by atoms with Crippen molar-refractivity contribution in [2.45, 2.75) is 5.52 Å². The van der Waals surface area contributed by atoms with Crippen LogP contribution in [-0.2, 0) is 9.13 Å². The van der Waals surface area contributed by atoms with Crippen molar-refractivity contribution in [1.29, 1.82) is 0 Å². The zero-order valence-electron chi connectivity index (χ0n) is 18.3. The summed E-state index contributed by atoms with van der Waals surface area (Å²) in [6.07, 6.45) is 0. The Kier molecular flexibility index (Phi) is 6.63. The predicted molar refractivity (Wildman–Crippen MR) is 137 cm³/mol. The summed E-state index contributed by atoms with van der Waals surface area (Å²) in [7, 11) is -3.01. The van der Waals surface area contributed by atoms with Crippen LogP contribution >= 0.6 is 14.3 Å². The van der Waals surface area contributed by atoms with Crippen LogP contribution in [0.1, 0.15) is 0 Å². The summed E-state index contributed by atoms with van der Waals surface area (Å²) in [4.78, 5) is 1.89. The van der Waals surface area contributed by atoms with Crippen molar-refractivity contribution in [2.24, 2.45) is 0 Å². The molecule has 0 spiro atoms. The molecule has 0 amide bonds.